The Hall–Kier alpha value is -4.71. The Morgan fingerprint density at radius 1 is 0.875 bits per heavy atom. The number of hydrogen-bond donors (Lipinski definition) is 4. The maximum absolute atomic E-state index is 13.9. The number of ketones is 2. The van der Waals surface area contributed by atoms with Gasteiger partial charge in [-0.2, -0.15) is 8.42 Å². The molecule has 2 aliphatic rings. The standard InChI is InChI=1S/C36H34ClN3O7S/c1-21-22(20-38-31(41)19-37)11-18-30(36(21)48(44,45)46)47-25-14-12-24(13-15-25)40-29-17-16-28(39-23-7-3-2-4-8-23)32-33(29)35(43)27-10-6-5-9-26(27)34(32)42/h5-6,9-18,23,39-40H,2-4,7-8,19-20H2,1H3,(H,38,41)(H,44,45,46). The molecule has 2 aliphatic carbocycles. The molecule has 0 bridgehead atoms. The number of amides is 1. The lowest BCUT2D eigenvalue weighted by Gasteiger charge is -2.28. The van der Waals surface area contributed by atoms with Crippen LogP contribution in [-0.2, 0) is 21.5 Å². The molecule has 0 radical (unpaired) electrons. The molecule has 4 N–H and O–H groups in total. The number of carbonyl (C=O) groups excluding carboxylic acids is 3. The molecule has 48 heavy (non-hydrogen) atoms. The molecule has 0 aromatic heterocycles. The minimum Gasteiger partial charge on any atom is -0.456 e. The van der Waals surface area contributed by atoms with Gasteiger partial charge >= 0.3 is 0 Å². The molecule has 1 fully saturated rings. The van der Waals surface area contributed by atoms with Gasteiger partial charge in [-0.3, -0.25) is 18.9 Å². The highest BCUT2D eigenvalue weighted by molar-refractivity contribution is 7.86. The predicted molar refractivity (Wildman–Crippen MR) is 184 cm³/mol. The minimum absolute atomic E-state index is 0.0154. The lowest BCUT2D eigenvalue weighted by Crippen LogP contribution is -2.27. The number of ether oxygens (including phenoxy) is 1. The van der Waals surface area contributed by atoms with Crippen LogP contribution in [0.1, 0.15) is 75.1 Å². The van der Waals surface area contributed by atoms with E-state index in [1.165, 1.54) is 19.4 Å². The van der Waals surface area contributed by atoms with E-state index < -0.39 is 20.9 Å². The van der Waals surface area contributed by atoms with Gasteiger partial charge in [0.2, 0.25) is 5.91 Å². The third-order valence-electron chi connectivity index (χ3n) is 8.74. The number of halogens is 1. The summed E-state index contributed by atoms with van der Waals surface area (Å²) in [4.78, 5) is 38.9. The van der Waals surface area contributed by atoms with Gasteiger partial charge in [0, 0.05) is 35.1 Å². The van der Waals surface area contributed by atoms with Crippen molar-refractivity contribution in [3.05, 3.63) is 106 Å². The van der Waals surface area contributed by atoms with Gasteiger partial charge in [0.25, 0.3) is 10.1 Å². The second kappa shape index (κ2) is 13.8. The third kappa shape index (κ3) is 6.80. The molecule has 12 heteroatoms. The molecule has 1 saturated carbocycles. The van der Waals surface area contributed by atoms with Gasteiger partial charge in [-0.1, -0.05) is 49.6 Å². The number of fused-ring (bicyclic) bond motifs is 2. The fraction of sp³-hybridized carbons (Fsp3) is 0.250. The Labute approximate surface area is 283 Å². The topological polar surface area (TPSA) is 151 Å². The van der Waals surface area contributed by atoms with Crippen molar-refractivity contribution in [3.63, 3.8) is 0 Å². The van der Waals surface area contributed by atoms with Crippen LogP contribution in [0.2, 0.25) is 0 Å². The lowest BCUT2D eigenvalue weighted by atomic mass is 9.82. The maximum Gasteiger partial charge on any atom is 0.298 e. The molecule has 10 nitrogen and oxygen atoms in total. The second-order valence-corrected chi connectivity index (χ2v) is 13.5. The van der Waals surface area contributed by atoms with Crippen LogP contribution in [-0.4, -0.2) is 42.4 Å². The van der Waals surface area contributed by atoms with Crippen LogP contribution in [0.5, 0.6) is 11.5 Å². The van der Waals surface area contributed by atoms with Gasteiger partial charge in [0.05, 0.1) is 16.8 Å². The van der Waals surface area contributed by atoms with E-state index in [1.807, 2.05) is 6.07 Å². The van der Waals surface area contributed by atoms with Crippen molar-refractivity contribution in [2.24, 2.45) is 0 Å². The Kier molecular flexibility index (Phi) is 9.54. The molecule has 4 aromatic rings. The van der Waals surface area contributed by atoms with Crippen molar-refractivity contribution in [1.29, 1.82) is 0 Å². The Morgan fingerprint density at radius 2 is 1.50 bits per heavy atom. The van der Waals surface area contributed by atoms with E-state index in [4.69, 9.17) is 16.3 Å². The van der Waals surface area contributed by atoms with Gasteiger partial charge in [-0.15, -0.1) is 11.6 Å². The van der Waals surface area contributed by atoms with E-state index in [9.17, 15) is 27.4 Å². The molecular weight excluding hydrogens is 654 g/mol. The van der Waals surface area contributed by atoms with Crippen molar-refractivity contribution in [1.82, 2.24) is 5.32 Å². The summed E-state index contributed by atoms with van der Waals surface area (Å²) in [6, 6.07) is 20.3. The maximum atomic E-state index is 13.9. The van der Waals surface area contributed by atoms with Crippen LogP contribution in [0.25, 0.3) is 0 Å². The quantitative estimate of drug-likeness (QED) is 0.0886. The molecular formula is C36H34ClN3O7S. The van der Waals surface area contributed by atoms with E-state index in [0.717, 1.165) is 25.7 Å². The second-order valence-electron chi connectivity index (χ2n) is 11.9. The summed E-state index contributed by atoms with van der Waals surface area (Å²) in [5, 5.41) is 9.40. The largest absolute Gasteiger partial charge is 0.456 e. The first-order valence-corrected chi connectivity index (χ1v) is 17.6. The molecule has 0 atom stereocenters. The summed E-state index contributed by atoms with van der Waals surface area (Å²) in [5.41, 5.74) is 3.79. The molecule has 0 saturated heterocycles. The fourth-order valence-electron chi connectivity index (χ4n) is 6.34. The summed E-state index contributed by atoms with van der Waals surface area (Å²) in [6.07, 6.45) is 5.43. The van der Waals surface area contributed by atoms with Crippen molar-refractivity contribution < 1.29 is 32.1 Å². The molecule has 0 spiro atoms. The van der Waals surface area contributed by atoms with Crippen molar-refractivity contribution in [2.75, 3.05) is 16.5 Å². The highest BCUT2D eigenvalue weighted by atomic mass is 35.5. The first-order valence-electron chi connectivity index (χ1n) is 15.6. The molecule has 0 aliphatic heterocycles. The number of hydrogen-bond acceptors (Lipinski definition) is 8. The molecule has 1 amide bonds. The molecule has 6 rings (SSSR count). The fourth-order valence-corrected chi connectivity index (χ4v) is 7.32. The van der Waals surface area contributed by atoms with Crippen LogP contribution in [0, 0.1) is 6.92 Å². The van der Waals surface area contributed by atoms with E-state index >= 15 is 0 Å². The van der Waals surface area contributed by atoms with Crippen LogP contribution >= 0.6 is 11.6 Å². The van der Waals surface area contributed by atoms with Crippen LogP contribution in [0.3, 0.4) is 0 Å². The SMILES string of the molecule is Cc1c(CNC(=O)CCl)ccc(Oc2ccc(Nc3ccc(NC4CCCCC4)c4c3C(=O)c3ccccc3C4=O)cc2)c1S(=O)(=O)O. The van der Waals surface area contributed by atoms with Gasteiger partial charge in [0.1, 0.15) is 22.3 Å². The lowest BCUT2D eigenvalue weighted by molar-refractivity contribution is -0.118. The highest BCUT2D eigenvalue weighted by Crippen LogP contribution is 2.39. The zero-order valence-electron chi connectivity index (χ0n) is 26.1. The molecule has 0 heterocycles. The zero-order valence-corrected chi connectivity index (χ0v) is 27.7. The van der Waals surface area contributed by atoms with Crippen molar-refractivity contribution in [3.8, 4) is 11.5 Å². The number of nitrogens with one attached hydrogen (secondary N) is 3. The van der Waals surface area contributed by atoms with Gasteiger partial charge < -0.3 is 20.7 Å². The van der Waals surface area contributed by atoms with Crippen LogP contribution < -0.4 is 20.7 Å². The van der Waals surface area contributed by atoms with E-state index in [1.54, 1.807) is 60.7 Å². The average molecular weight is 688 g/mol. The van der Waals surface area contributed by atoms with Crippen molar-refractivity contribution in [2.45, 2.75) is 56.5 Å². The third-order valence-corrected chi connectivity index (χ3v) is 10.0. The molecule has 248 valence electrons. The van der Waals surface area contributed by atoms with E-state index in [0.29, 0.717) is 44.9 Å². The van der Waals surface area contributed by atoms with E-state index in [-0.39, 0.29) is 47.1 Å². The van der Waals surface area contributed by atoms with Crippen LogP contribution in [0.15, 0.2) is 77.7 Å². The minimum atomic E-state index is -4.69. The highest BCUT2D eigenvalue weighted by Gasteiger charge is 2.34. The molecule has 4 aromatic carbocycles. The normalized spacial score (nSPS) is 14.6. The van der Waals surface area contributed by atoms with E-state index in [2.05, 4.69) is 16.0 Å². The smallest absolute Gasteiger partial charge is 0.298 e. The summed E-state index contributed by atoms with van der Waals surface area (Å²) in [5.74, 6) is -0.934. The Bertz CT molecular complexity index is 2020. The predicted octanol–water partition coefficient (Wildman–Crippen LogP) is 7.15. The summed E-state index contributed by atoms with van der Waals surface area (Å²) >= 11 is 5.53. The van der Waals surface area contributed by atoms with Gasteiger partial charge in [-0.25, -0.2) is 0 Å². The summed E-state index contributed by atoms with van der Waals surface area (Å²) in [7, 11) is -4.69. The monoisotopic (exact) mass is 687 g/mol. The van der Waals surface area contributed by atoms with Crippen molar-refractivity contribution >= 4 is 56.3 Å². The molecule has 0 unspecified atom stereocenters. The average Bonchev–Trinajstić information content (AvgIpc) is 3.08. The Balaban J connectivity index is 1.28. The number of carbonyl (C=O) groups is 3. The number of alkyl halides is 1. The Morgan fingerprint density at radius 3 is 2.12 bits per heavy atom. The number of benzene rings is 4. The zero-order chi connectivity index (χ0) is 34.0. The van der Waals surface area contributed by atoms with Gasteiger partial charge in [-0.05, 0) is 73.4 Å². The number of rotatable bonds is 10. The first kappa shape index (κ1) is 33.2. The number of anilines is 3. The summed E-state index contributed by atoms with van der Waals surface area (Å²) < 4.78 is 40.6. The van der Waals surface area contributed by atoms with Crippen LogP contribution in [0.4, 0.5) is 17.1 Å². The van der Waals surface area contributed by atoms with Gasteiger partial charge in [0.15, 0.2) is 11.6 Å². The summed E-state index contributed by atoms with van der Waals surface area (Å²) in [6.45, 7) is 1.52. The first-order chi connectivity index (χ1) is 23.0.